The number of halogens is 1. The number of hydrogen-bond donors (Lipinski definition) is 2. The number of carbonyl (C=O) groups is 3. The Morgan fingerprint density at radius 2 is 2.03 bits per heavy atom. The summed E-state index contributed by atoms with van der Waals surface area (Å²) in [5.74, 6) is -2.88. The molecule has 0 saturated carbocycles. The summed E-state index contributed by atoms with van der Waals surface area (Å²) in [4.78, 5) is 41.7. The van der Waals surface area contributed by atoms with Crippen LogP contribution in [0.5, 0.6) is 0 Å². The Labute approximate surface area is 202 Å². The predicted molar refractivity (Wildman–Crippen MR) is 123 cm³/mol. The first-order valence-corrected chi connectivity index (χ1v) is 12.4. The van der Waals surface area contributed by atoms with E-state index in [1.165, 1.54) is 4.90 Å². The van der Waals surface area contributed by atoms with Crippen LogP contribution in [0.3, 0.4) is 0 Å². The Kier molecular flexibility index (Phi) is 6.85. The smallest absolute Gasteiger partial charge is 0.312 e. The molecule has 3 saturated heterocycles. The van der Waals surface area contributed by atoms with Crippen molar-refractivity contribution in [1.29, 1.82) is 0 Å². The zero-order chi connectivity index (χ0) is 23.9. The van der Waals surface area contributed by atoms with Crippen molar-refractivity contribution in [1.82, 2.24) is 10.2 Å². The monoisotopic (exact) mass is 522 g/mol. The van der Waals surface area contributed by atoms with Gasteiger partial charge in [0.1, 0.15) is 11.6 Å². The van der Waals surface area contributed by atoms with E-state index in [1.54, 1.807) is 6.92 Å². The lowest BCUT2D eigenvalue weighted by Crippen LogP contribution is -2.59. The van der Waals surface area contributed by atoms with Crippen molar-refractivity contribution in [2.24, 2.45) is 17.8 Å². The first-order chi connectivity index (χ1) is 15.8. The maximum atomic E-state index is 13.8. The summed E-state index contributed by atoms with van der Waals surface area (Å²) in [5.41, 5.74) is -0.228. The van der Waals surface area contributed by atoms with Crippen LogP contribution in [0.25, 0.3) is 0 Å². The van der Waals surface area contributed by atoms with Crippen LogP contribution in [0.15, 0.2) is 30.3 Å². The van der Waals surface area contributed by atoms with Gasteiger partial charge < -0.3 is 24.8 Å². The number of fused-ring (bicyclic) bond motifs is 1. The van der Waals surface area contributed by atoms with Gasteiger partial charge in [-0.25, -0.2) is 0 Å². The molecule has 9 heteroatoms. The Morgan fingerprint density at radius 1 is 1.33 bits per heavy atom. The van der Waals surface area contributed by atoms with Gasteiger partial charge in [-0.2, -0.15) is 0 Å². The fourth-order valence-electron chi connectivity index (χ4n) is 5.73. The largest absolute Gasteiger partial charge is 0.466 e. The molecular weight excluding hydrogens is 492 g/mol. The molecule has 4 rings (SSSR count). The average molecular weight is 523 g/mol. The molecule has 2 N–H and O–H groups in total. The highest BCUT2D eigenvalue weighted by Gasteiger charge is 2.77. The van der Waals surface area contributed by atoms with E-state index in [-0.39, 0.29) is 35.8 Å². The topological polar surface area (TPSA) is 105 Å². The fraction of sp³-hybridized carbons (Fsp3) is 0.625. The Morgan fingerprint density at radius 3 is 2.64 bits per heavy atom. The van der Waals surface area contributed by atoms with E-state index in [1.807, 2.05) is 44.2 Å². The van der Waals surface area contributed by atoms with Crippen LogP contribution in [0.4, 0.5) is 0 Å². The molecule has 3 aliphatic rings. The van der Waals surface area contributed by atoms with Crippen molar-refractivity contribution >= 4 is 33.7 Å². The number of carbonyl (C=O) groups excluding carboxylic acids is 3. The maximum absolute atomic E-state index is 13.8. The number of aliphatic hydroxyl groups is 1. The van der Waals surface area contributed by atoms with Gasteiger partial charge in [0.05, 0.1) is 37.2 Å². The lowest BCUT2D eigenvalue weighted by atomic mass is 9.70. The van der Waals surface area contributed by atoms with Gasteiger partial charge in [0.15, 0.2) is 0 Å². The number of ether oxygens (including phenoxy) is 2. The number of hydrogen-bond acceptors (Lipinski definition) is 6. The molecule has 180 valence electrons. The molecule has 2 bridgehead atoms. The quantitative estimate of drug-likeness (QED) is 0.397. The minimum absolute atomic E-state index is 0.100. The van der Waals surface area contributed by atoms with Crippen LogP contribution >= 0.6 is 15.9 Å². The van der Waals surface area contributed by atoms with Crippen LogP contribution in [0, 0.1) is 17.8 Å². The molecule has 3 aliphatic heterocycles. The standard InChI is InChI=1S/C24H31BrN2O6/c1-4-32-23(31)17-18-22(30)27(16(12-28)13(2)3)20(24(18)10-15(25)19(17)33-24)21(29)26-11-14-8-6-5-7-9-14/h5-9,13,15-20,28H,4,10-12H2,1-3H3,(H,26,29)/t15?,16-,17-,18-,19-,20?,24?/m0/s1. The van der Waals surface area contributed by atoms with E-state index >= 15 is 0 Å². The van der Waals surface area contributed by atoms with E-state index in [0.717, 1.165) is 5.56 Å². The summed E-state index contributed by atoms with van der Waals surface area (Å²) in [6.45, 7) is 5.71. The average Bonchev–Trinajstić information content (AvgIpc) is 3.37. The molecular formula is C24H31BrN2O6. The molecule has 8 nitrogen and oxygen atoms in total. The Hall–Kier alpha value is -1.97. The number of nitrogens with one attached hydrogen (secondary N) is 1. The van der Waals surface area contributed by atoms with Crippen LogP contribution in [-0.4, -0.2) is 69.6 Å². The van der Waals surface area contributed by atoms with Gasteiger partial charge in [0, 0.05) is 11.4 Å². The first kappa shape index (κ1) is 24.2. The summed E-state index contributed by atoms with van der Waals surface area (Å²) < 4.78 is 11.7. The molecule has 2 amide bonds. The number of nitrogens with zero attached hydrogens (tertiary/aromatic N) is 1. The lowest BCUT2D eigenvalue weighted by Gasteiger charge is -2.38. The minimum Gasteiger partial charge on any atom is -0.466 e. The van der Waals surface area contributed by atoms with Gasteiger partial charge in [0.2, 0.25) is 11.8 Å². The Balaban J connectivity index is 1.72. The van der Waals surface area contributed by atoms with E-state index in [2.05, 4.69) is 21.2 Å². The zero-order valence-corrected chi connectivity index (χ0v) is 20.7. The van der Waals surface area contributed by atoms with Gasteiger partial charge in [0.25, 0.3) is 0 Å². The second-order valence-corrected chi connectivity index (χ2v) is 10.5. The second kappa shape index (κ2) is 9.35. The normalized spacial score (nSPS) is 33.3. The maximum Gasteiger partial charge on any atom is 0.312 e. The number of esters is 1. The Bertz CT molecular complexity index is 911. The number of likely N-dealkylation sites (tertiary alicyclic amines) is 1. The summed E-state index contributed by atoms with van der Waals surface area (Å²) in [6, 6.07) is 7.97. The number of benzene rings is 1. The van der Waals surface area contributed by atoms with E-state index in [4.69, 9.17) is 9.47 Å². The van der Waals surface area contributed by atoms with Crippen molar-refractivity contribution in [3.63, 3.8) is 0 Å². The number of rotatable bonds is 8. The predicted octanol–water partition coefficient (Wildman–Crippen LogP) is 1.63. The van der Waals surface area contributed by atoms with Crippen LogP contribution in [0.2, 0.25) is 0 Å². The summed E-state index contributed by atoms with van der Waals surface area (Å²) in [6.07, 6.45) is -0.128. The molecule has 3 heterocycles. The molecule has 1 aromatic carbocycles. The number of amides is 2. The van der Waals surface area contributed by atoms with Gasteiger partial charge in [-0.3, -0.25) is 14.4 Å². The molecule has 0 aromatic heterocycles. The van der Waals surface area contributed by atoms with Gasteiger partial charge >= 0.3 is 5.97 Å². The van der Waals surface area contributed by atoms with Crippen molar-refractivity contribution < 1.29 is 29.0 Å². The molecule has 0 aliphatic carbocycles. The molecule has 1 spiro atoms. The van der Waals surface area contributed by atoms with Gasteiger partial charge in [-0.05, 0) is 24.8 Å². The highest BCUT2D eigenvalue weighted by atomic mass is 79.9. The fourth-order valence-corrected chi connectivity index (χ4v) is 6.68. The van der Waals surface area contributed by atoms with Crippen molar-refractivity contribution in [3.8, 4) is 0 Å². The van der Waals surface area contributed by atoms with Gasteiger partial charge in [-0.15, -0.1) is 0 Å². The van der Waals surface area contributed by atoms with Crippen molar-refractivity contribution in [2.75, 3.05) is 13.2 Å². The van der Waals surface area contributed by atoms with Crippen molar-refractivity contribution in [2.45, 2.75) is 62.4 Å². The zero-order valence-electron chi connectivity index (χ0n) is 19.1. The van der Waals surface area contributed by atoms with E-state index in [9.17, 15) is 19.5 Å². The first-order valence-electron chi connectivity index (χ1n) is 11.5. The molecule has 7 atom stereocenters. The summed E-state index contributed by atoms with van der Waals surface area (Å²) >= 11 is 3.62. The molecule has 0 radical (unpaired) electrons. The van der Waals surface area contributed by atoms with Crippen molar-refractivity contribution in [3.05, 3.63) is 35.9 Å². The molecule has 1 aromatic rings. The third kappa shape index (κ3) is 3.88. The van der Waals surface area contributed by atoms with E-state index < -0.39 is 41.6 Å². The van der Waals surface area contributed by atoms with E-state index in [0.29, 0.717) is 13.0 Å². The third-order valence-corrected chi connectivity index (χ3v) is 8.00. The lowest BCUT2D eigenvalue weighted by molar-refractivity contribution is -0.155. The minimum atomic E-state index is -1.16. The highest BCUT2D eigenvalue weighted by molar-refractivity contribution is 9.09. The van der Waals surface area contributed by atoms with Crippen LogP contribution < -0.4 is 5.32 Å². The highest BCUT2D eigenvalue weighted by Crippen LogP contribution is 2.60. The third-order valence-electron chi connectivity index (χ3n) is 7.16. The van der Waals surface area contributed by atoms with Crippen LogP contribution in [-0.2, 0) is 30.4 Å². The van der Waals surface area contributed by atoms with Gasteiger partial charge in [-0.1, -0.05) is 60.1 Å². The second-order valence-electron chi connectivity index (χ2n) is 9.36. The molecule has 3 unspecified atom stereocenters. The molecule has 33 heavy (non-hydrogen) atoms. The number of aliphatic hydroxyl groups excluding tert-OH is 1. The summed E-state index contributed by atoms with van der Waals surface area (Å²) in [5, 5.41) is 13.1. The number of alkyl halides is 1. The summed E-state index contributed by atoms with van der Waals surface area (Å²) in [7, 11) is 0. The SMILES string of the molecule is CCOC(=O)[C@H]1[C@H]2C(=O)N([C@@H](CO)C(C)C)C(C(=O)NCc3ccccc3)C23CC(Br)[C@@H]1O3. The van der Waals surface area contributed by atoms with Crippen LogP contribution in [0.1, 0.15) is 32.8 Å². The molecule has 3 fully saturated rings.